The quantitative estimate of drug-likeness (QED) is 0.813. The van der Waals surface area contributed by atoms with Crippen molar-refractivity contribution in [2.75, 3.05) is 0 Å². The van der Waals surface area contributed by atoms with E-state index in [2.05, 4.69) is 0 Å². The molecule has 1 atom stereocenters. The average Bonchev–Trinajstić information content (AvgIpc) is 2.40. The van der Waals surface area contributed by atoms with Gasteiger partial charge in [0.2, 0.25) is 0 Å². The second-order valence-corrected chi connectivity index (χ2v) is 3.94. The number of ketones is 1. The van der Waals surface area contributed by atoms with Crippen LogP contribution >= 0.6 is 0 Å². The molecule has 0 spiro atoms. The van der Waals surface area contributed by atoms with Gasteiger partial charge in [0, 0.05) is 12.0 Å². The Morgan fingerprint density at radius 3 is 2.06 bits per heavy atom. The predicted octanol–water partition coefficient (Wildman–Crippen LogP) is 2.47. The summed E-state index contributed by atoms with van der Waals surface area (Å²) in [4.78, 5) is 11.9. The summed E-state index contributed by atoms with van der Waals surface area (Å²) >= 11 is 0. The van der Waals surface area contributed by atoms with Crippen molar-refractivity contribution in [2.24, 2.45) is 0 Å². The molecule has 0 aromatic heterocycles. The van der Waals surface area contributed by atoms with Gasteiger partial charge < -0.3 is 5.11 Å². The fourth-order valence-electron chi connectivity index (χ4n) is 1.72. The standard InChI is InChI=1S/C15H14O2/c16-14(11-12-7-3-1-4-8-12)15(17)13-9-5-2-6-10-13/h1-10,14,16H,11H2/t14-/m0/s1. The summed E-state index contributed by atoms with van der Waals surface area (Å²) in [7, 11) is 0. The number of rotatable bonds is 4. The SMILES string of the molecule is O=C(c1ccccc1)[C@@H](O)Cc1ccccc1. The van der Waals surface area contributed by atoms with Crippen LogP contribution in [-0.2, 0) is 6.42 Å². The van der Waals surface area contributed by atoms with Crippen molar-refractivity contribution in [2.45, 2.75) is 12.5 Å². The maximum Gasteiger partial charge on any atom is 0.191 e. The molecular formula is C15H14O2. The number of hydrogen-bond donors (Lipinski definition) is 1. The van der Waals surface area contributed by atoms with Crippen LogP contribution in [0.1, 0.15) is 15.9 Å². The lowest BCUT2D eigenvalue weighted by atomic mass is 10.0. The third kappa shape index (κ3) is 3.02. The van der Waals surface area contributed by atoms with Crippen molar-refractivity contribution in [1.82, 2.24) is 0 Å². The van der Waals surface area contributed by atoms with Crippen molar-refractivity contribution in [3.63, 3.8) is 0 Å². The molecule has 17 heavy (non-hydrogen) atoms. The topological polar surface area (TPSA) is 37.3 Å². The monoisotopic (exact) mass is 226 g/mol. The maximum absolute atomic E-state index is 11.9. The minimum atomic E-state index is -0.972. The third-order valence-electron chi connectivity index (χ3n) is 2.63. The van der Waals surface area contributed by atoms with Gasteiger partial charge in [-0.2, -0.15) is 0 Å². The van der Waals surface area contributed by atoms with Gasteiger partial charge in [-0.1, -0.05) is 60.7 Å². The van der Waals surface area contributed by atoms with Crippen LogP contribution in [0.15, 0.2) is 60.7 Å². The van der Waals surface area contributed by atoms with Gasteiger partial charge in [0.05, 0.1) is 0 Å². The van der Waals surface area contributed by atoms with Crippen LogP contribution in [0.5, 0.6) is 0 Å². The van der Waals surface area contributed by atoms with Gasteiger partial charge in [0.25, 0.3) is 0 Å². The molecule has 2 aromatic rings. The Morgan fingerprint density at radius 2 is 1.47 bits per heavy atom. The first-order chi connectivity index (χ1) is 8.27. The molecule has 2 aromatic carbocycles. The van der Waals surface area contributed by atoms with Gasteiger partial charge in [-0.3, -0.25) is 4.79 Å². The Balaban J connectivity index is 2.06. The second-order valence-electron chi connectivity index (χ2n) is 3.94. The van der Waals surface area contributed by atoms with Crippen molar-refractivity contribution >= 4 is 5.78 Å². The summed E-state index contributed by atoms with van der Waals surface area (Å²) in [5.74, 6) is -0.227. The molecule has 0 radical (unpaired) electrons. The van der Waals surface area contributed by atoms with Crippen LogP contribution in [0, 0.1) is 0 Å². The zero-order valence-electron chi connectivity index (χ0n) is 9.41. The van der Waals surface area contributed by atoms with Crippen LogP contribution in [0.25, 0.3) is 0 Å². The molecule has 2 nitrogen and oxygen atoms in total. The normalized spacial score (nSPS) is 12.1. The Hall–Kier alpha value is -1.93. The Morgan fingerprint density at radius 1 is 0.941 bits per heavy atom. The number of aliphatic hydroxyl groups excluding tert-OH is 1. The lowest BCUT2D eigenvalue weighted by Crippen LogP contribution is -2.22. The number of benzene rings is 2. The molecule has 86 valence electrons. The van der Waals surface area contributed by atoms with Gasteiger partial charge >= 0.3 is 0 Å². The molecule has 0 unspecified atom stereocenters. The van der Waals surface area contributed by atoms with Crippen LogP contribution in [0.2, 0.25) is 0 Å². The summed E-state index contributed by atoms with van der Waals surface area (Å²) < 4.78 is 0. The number of carbonyl (C=O) groups is 1. The van der Waals surface area contributed by atoms with Gasteiger partial charge in [-0.05, 0) is 5.56 Å². The second kappa shape index (κ2) is 5.41. The first-order valence-electron chi connectivity index (χ1n) is 5.58. The summed E-state index contributed by atoms with van der Waals surface area (Å²) in [6, 6.07) is 18.4. The summed E-state index contributed by atoms with van der Waals surface area (Å²) in [6.07, 6.45) is -0.617. The largest absolute Gasteiger partial charge is 0.385 e. The fourth-order valence-corrected chi connectivity index (χ4v) is 1.72. The molecule has 0 aliphatic rings. The van der Waals surface area contributed by atoms with E-state index >= 15 is 0 Å². The Labute approximate surface area is 101 Å². The highest BCUT2D eigenvalue weighted by Gasteiger charge is 2.16. The van der Waals surface area contributed by atoms with Crippen LogP contribution < -0.4 is 0 Å². The van der Waals surface area contributed by atoms with E-state index in [1.54, 1.807) is 24.3 Å². The summed E-state index contributed by atoms with van der Waals surface area (Å²) in [6.45, 7) is 0. The zero-order valence-corrected chi connectivity index (χ0v) is 9.41. The predicted molar refractivity (Wildman–Crippen MR) is 66.9 cm³/mol. The van der Waals surface area contributed by atoms with E-state index < -0.39 is 6.10 Å². The van der Waals surface area contributed by atoms with Crippen molar-refractivity contribution in [1.29, 1.82) is 0 Å². The molecule has 0 saturated carbocycles. The summed E-state index contributed by atoms with van der Waals surface area (Å²) in [5.41, 5.74) is 1.51. The van der Waals surface area contributed by atoms with E-state index in [1.807, 2.05) is 36.4 Å². The van der Waals surface area contributed by atoms with Crippen LogP contribution in [-0.4, -0.2) is 17.0 Å². The van der Waals surface area contributed by atoms with Gasteiger partial charge in [-0.15, -0.1) is 0 Å². The third-order valence-corrected chi connectivity index (χ3v) is 2.63. The number of carbonyl (C=O) groups excluding carboxylic acids is 1. The van der Waals surface area contributed by atoms with E-state index in [0.29, 0.717) is 12.0 Å². The fraction of sp³-hybridized carbons (Fsp3) is 0.133. The molecule has 0 saturated heterocycles. The number of aliphatic hydroxyl groups is 1. The Bertz CT molecular complexity index is 477. The maximum atomic E-state index is 11.9. The highest BCUT2D eigenvalue weighted by Crippen LogP contribution is 2.09. The minimum absolute atomic E-state index is 0.227. The van der Waals surface area contributed by atoms with E-state index in [-0.39, 0.29) is 5.78 Å². The molecular weight excluding hydrogens is 212 g/mol. The van der Waals surface area contributed by atoms with Gasteiger partial charge in [0.15, 0.2) is 5.78 Å². The molecule has 0 aliphatic heterocycles. The molecule has 2 rings (SSSR count). The lowest BCUT2D eigenvalue weighted by Gasteiger charge is -2.09. The van der Waals surface area contributed by atoms with Gasteiger partial charge in [0.1, 0.15) is 6.10 Å². The number of hydrogen-bond acceptors (Lipinski definition) is 2. The molecule has 0 bridgehead atoms. The molecule has 2 heteroatoms. The van der Waals surface area contributed by atoms with Crippen molar-refractivity contribution in [3.8, 4) is 0 Å². The van der Waals surface area contributed by atoms with E-state index in [4.69, 9.17) is 0 Å². The highest BCUT2D eigenvalue weighted by molar-refractivity contribution is 5.99. The van der Waals surface area contributed by atoms with Crippen LogP contribution in [0.3, 0.4) is 0 Å². The molecule has 0 fully saturated rings. The Kier molecular flexibility index (Phi) is 3.68. The molecule has 0 amide bonds. The molecule has 0 aliphatic carbocycles. The zero-order chi connectivity index (χ0) is 12.1. The van der Waals surface area contributed by atoms with E-state index in [9.17, 15) is 9.90 Å². The first-order valence-corrected chi connectivity index (χ1v) is 5.58. The van der Waals surface area contributed by atoms with Gasteiger partial charge in [-0.25, -0.2) is 0 Å². The molecule has 0 heterocycles. The summed E-state index contributed by atoms with van der Waals surface area (Å²) in [5, 5.41) is 9.88. The average molecular weight is 226 g/mol. The minimum Gasteiger partial charge on any atom is -0.385 e. The smallest absolute Gasteiger partial charge is 0.191 e. The first kappa shape index (κ1) is 11.6. The number of Topliss-reactive ketones (excluding diaryl/α,β-unsaturated/α-hetero) is 1. The van der Waals surface area contributed by atoms with Crippen LogP contribution in [0.4, 0.5) is 0 Å². The lowest BCUT2D eigenvalue weighted by molar-refractivity contribution is 0.0748. The van der Waals surface area contributed by atoms with E-state index in [0.717, 1.165) is 5.56 Å². The van der Waals surface area contributed by atoms with E-state index in [1.165, 1.54) is 0 Å². The highest BCUT2D eigenvalue weighted by atomic mass is 16.3. The van der Waals surface area contributed by atoms with Crippen molar-refractivity contribution in [3.05, 3.63) is 71.8 Å². The molecule has 1 N–H and O–H groups in total. The van der Waals surface area contributed by atoms with Crippen molar-refractivity contribution < 1.29 is 9.90 Å².